The van der Waals surface area contributed by atoms with Crippen molar-refractivity contribution in [3.8, 4) is 16.9 Å². The van der Waals surface area contributed by atoms with Crippen molar-refractivity contribution in [2.24, 2.45) is 0 Å². The molecule has 0 saturated heterocycles. The predicted molar refractivity (Wildman–Crippen MR) is 80.1 cm³/mol. The van der Waals surface area contributed by atoms with Gasteiger partial charge in [0.05, 0.1) is 16.7 Å². The van der Waals surface area contributed by atoms with Crippen LogP contribution in [0.5, 0.6) is 5.75 Å². The van der Waals surface area contributed by atoms with Crippen LogP contribution in [0.3, 0.4) is 0 Å². The lowest BCUT2D eigenvalue weighted by Gasteiger charge is -2.10. The Bertz CT molecular complexity index is 975. The van der Waals surface area contributed by atoms with E-state index in [4.69, 9.17) is 0 Å². The number of rotatable bonds is 1. The van der Waals surface area contributed by atoms with E-state index in [-0.39, 0.29) is 5.75 Å². The Morgan fingerprint density at radius 1 is 1.00 bits per heavy atom. The van der Waals surface area contributed by atoms with Crippen LogP contribution < -0.4 is 0 Å². The molecular formula is C16H12N4O. The Labute approximate surface area is 120 Å². The molecule has 5 nitrogen and oxygen atoms in total. The van der Waals surface area contributed by atoms with Crippen molar-refractivity contribution in [2.75, 3.05) is 0 Å². The molecule has 2 aromatic carbocycles. The minimum absolute atomic E-state index is 0.244. The van der Waals surface area contributed by atoms with E-state index in [2.05, 4.69) is 15.2 Å². The van der Waals surface area contributed by atoms with Crippen molar-refractivity contribution < 1.29 is 5.11 Å². The van der Waals surface area contributed by atoms with Gasteiger partial charge in [-0.05, 0) is 19.1 Å². The van der Waals surface area contributed by atoms with Gasteiger partial charge in [0.25, 0.3) is 0 Å². The number of aromatic hydroxyl groups is 1. The third-order valence-corrected chi connectivity index (χ3v) is 3.62. The van der Waals surface area contributed by atoms with Gasteiger partial charge in [-0.15, -0.1) is 10.2 Å². The lowest BCUT2D eigenvalue weighted by atomic mass is 10.0. The van der Waals surface area contributed by atoms with E-state index in [1.807, 2.05) is 41.7 Å². The largest absolute Gasteiger partial charge is 0.507 e. The number of para-hydroxylation sites is 2. The molecule has 0 radical (unpaired) electrons. The highest BCUT2D eigenvalue weighted by molar-refractivity contribution is 5.94. The Morgan fingerprint density at radius 3 is 2.67 bits per heavy atom. The maximum atomic E-state index is 10.1. The van der Waals surface area contributed by atoms with Gasteiger partial charge in [0.2, 0.25) is 0 Å². The molecule has 0 aliphatic carbocycles. The number of fused-ring (bicyclic) bond motifs is 3. The van der Waals surface area contributed by atoms with Crippen LogP contribution in [0, 0.1) is 6.92 Å². The number of aromatic nitrogens is 4. The SMILES string of the molecule is Cc1nc2c(-c3ccccc3O)cccc2n2cnnc12. The van der Waals surface area contributed by atoms with Crippen LogP contribution in [0.1, 0.15) is 5.69 Å². The van der Waals surface area contributed by atoms with Crippen molar-refractivity contribution in [3.63, 3.8) is 0 Å². The summed E-state index contributed by atoms with van der Waals surface area (Å²) >= 11 is 0. The first-order valence-corrected chi connectivity index (χ1v) is 6.63. The van der Waals surface area contributed by atoms with E-state index < -0.39 is 0 Å². The molecule has 0 aliphatic heterocycles. The molecule has 1 N–H and O–H groups in total. The quantitative estimate of drug-likeness (QED) is 0.580. The van der Waals surface area contributed by atoms with Gasteiger partial charge in [0, 0.05) is 11.1 Å². The number of nitrogens with zero attached hydrogens (tertiary/aromatic N) is 4. The molecule has 0 atom stereocenters. The van der Waals surface area contributed by atoms with Crippen molar-refractivity contribution in [2.45, 2.75) is 6.92 Å². The highest BCUT2D eigenvalue weighted by Crippen LogP contribution is 2.33. The second-order valence-corrected chi connectivity index (χ2v) is 4.91. The summed E-state index contributed by atoms with van der Waals surface area (Å²) in [5.41, 5.74) is 4.96. The summed E-state index contributed by atoms with van der Waals surface area (Å²) in [5, 5.41) is 18.2. The average Bonchev–Trinajstić information content (AvgIpc) is 2.98. The van der Waals surface area contributed by atoms with Crippen molar-refractivity contribution in [3.05, 3.63) is 54.5 Å². The summed E-state index contributed by atoms with van der Waals surface area (Å²) in [7, 11) is 0. The van der Waals surface area contributed by atoms with Gasteiger partial charge in [0.15, 0.2) is 5.65 Å². The zero-order chi connectivity index (χ0) is 14.4. The van der Waals surface area contributed by atoms with E-state index in [1.165, 1.54) is 0 Å². The molecule has 0 fully saturated rings. The molecule has 102 valence electrons. The third kappa shape index (κ3) is 1.67. The molecule has 0 spiro atoms. The maximum absolute atomic E-state index is 10.1. The monoisotopic (exact) mass is 276 g/mol. The number of benzene rings is 2. The molecule has 0 amide bonds. The van der Waals surface area contributed by atoms with E-state index in [0.717, 1.165) is 33.5 Å². The summed E-state index contributed by atoms with van der Waals surface area (Å²) in [5.74, 6) is 0.244. The van der Waals surface area contributed by atoms with E-state index in [9.17, 15) is 5.11 Å². The van der Waals surface area contributed by atoms with E-state index in [0.29, 0.717) is 0 Å². The van der Waals surface area contributed by atoms with Crippen LogP contribution in [0.15, 0.2) is 48.8 Å². The Kier molecular flexibility index (Phi) is 2.41. The number of hydrogen-bond donors (Lipinski definition) is 1. The standard InChI is InChI=1S/C16H12N4O/c1-10-16-19-17-9-20(16)13-7-4-6-12(15(13)18-10)11-5-2-3-8-14(11)21/h2-9,21H,1H3. The molecule has 4 aromatic rings. The normalized spacial score (nSPS) is 11.3. The van der Waals surface area contributed by atoms with Crippen LogP contribution >= 0.6 is 0 Å². The van der Waals surface area contributed by atoms with Crippen LogP contribution in [-0.2, 0) is 0 Å². The van der Waals surface area contributed by atoms with Gasteiger partial charge in [-0.25, -0.2) is 4.98 Å². The van der Waals surface area contributed by atoms with Crippen molar-refractivity contribution in [1.82, 2.24) is 19.6 Å². The van der Waals surface area contributed by atoms with Gasteiger partial charge in [0.1, 0.15) is 12.1 Å². The summed E-state index contributed by atoms with van der Waals surface area (Å²) in [4.78, 5) is 4.66. The Morgan fingerprint density at radius 2 is 1.81 bits per heavy atom. The van der Waals surface area contributed by atoms with E-state index >= 15 is 0 Å². The van der Waals surface area contributed by atoms with E-state index in [1.54, 1.807) is 18.5 Å². The highest BCUT2D eigenvalue weighted by Gasteiger charge is 2.13. The molecule has 0 saturated carbocycles. The average molecular weight is 276 g/mol. The van der Waals surface area contributed by atoms with Gasteiger partial charge in [-0.1, -0.05) is 30.3 Å². The molecule has 0 unspecified atom stereocenters. The first-order chi connectivity index (χ1) is 10.3. The van der Waals surface area contributed by atoms with Crippen molar-refractivity contribution >= 4 is 16.7 Å². The molecule has 21 heavy (non-hydrogen) atoms. The van der Waals surface area contributed by atoms with Crippen LogP contribution in [0.2, 0.25) is 0 Å². The lowest BCUT2D eigenvalue weighted by Crippen LogP contribution is -1.96. The highest BCUT2D eigenvalue weighted by atomic mass is 16.3. The molecule has 0 bridgehead atoms. The Balaban J connectivity index is 2.16. The third-order valence-electron chi connectivity index (χ3n) is 3.62. The Hall–Kier alpha value is -2.95. The second-order valence-electron chi connectivity index (χ2n) is 4.91. The number of phenols is 1. The fourth-order valence-electron chi connectivity index (χ4n) is 2.64. The van der Waals surface area contributed by atoms with Crippen molar-refractivity contribution in [1.29, 1.82) is 0 Å². The van der Waals surface area contributed by atoms with Crippen LogP contribution in [-0.4, -0.2) is 24.7 Å². The van der Waals surface area contributed by atoms with Gasteiger partial charge >= 0.3 is 0 Å². The topological polar surface area (TPSA) is 63.3 Å². The second kappa shape index (κ2) is 4.28. The minimum Gasteiger partial charge on any atom is -0.507 e. The molecule has 2 heterocycles. The van der Waals surface area contributed by atoms with Crippen LogP contribution in [0.25, 0.3) is 27.8 Å². The molecule has 4 rings (SSSR count). The molecule has 2 aromatic heterocycles. The predicted octanol–water partition coefficient (Wildman–Crippen LogP) is 2.96. The number of hydrogen-bond acceptors (Lipinski definition) is 4. The zero-order valence-corrected chi connectivity index (χ0v) is 11.4. The fraction of sp³-hybridized carbons (Fsp3) is 0.0625. The summed E-state index contributed by atoms with van der Waals surface area (Å²) in [6.45, 7) is 1.91. The first-order valence-electron chi connectivity index (χ1n) is 6.63. The summed E-state index contributed by atoms with van der Waals surface area (Å²) in [6, 6.07) is 13.1. The first kappa shape index (κ1) is 11.8. The lowest BCUT2D eigenvalue weighted by molar-refractivity contribution is 0.477. The fourth-order valence-corrected chi connectivity index (χ4v) is 2.64. The molecule has 0 aliphatic rings. The zero-order valence-electron chi connectivity index (χ0n) is 11.4. The maximum Gasteiger partial charge on any atom is 0.182 e. The number of phenolic OH excluding ortho intramolecular Hbond substituents is 1. The van der Waals surface area contributed by atoms with Gasteiger partial charge in [-0.2, -0.15) is 0 Å². The smallest absolute Gasteiger partial charge is 0.182 e. The minimum atomic E-state index is 0.244. The molecule has 5 heteroatoms. The van der Waals surface area contributed by atoms with Crippen LogP contribution in [0.4, 0.5) is 0 Å². The van der Waals surface area contributed by atoms with Gasteiger partial charge in [-0.3, -0.25) is 4.40 Å². The summed E-state index contributed by atoms with van der Waals surface area (Å²) < 4.78 is 1.92. The number of aryl methyl sites for hydroxylation is 1. The molecular weight excluding hydrogens is 264 g/mol. The summed E-state index contributed by atoms with van der Waals surface area (Å²) in [6.07, 6.45) is 1.68. The van der Waals surface area contributed by atoms with Gasteiger partial charge < -0.3 is 5.11 Å².